The molecule has 35 heavy (non-hydrogen) atoms. The lowest BCUT2D eigenvalue weighted by atomic mass is 9.89. The fourth-order valence-electron chi connectivity index (χ4n) is 3.83. The normalized spacial score (nSPS) is 14.1. The number of benzene rings is 2. The summed E-state index contributed by atoms with van der Waals surface area (Å²) >= 11 is 1.24. The van der Waals surface area contributed by atoms with Crippen LogP contribution in [0.4, 0.5) is 4.79 Å². The molecule has 2 amide bonds. The summed E-state index contributed by atoms with van der Waals surface area (Å²) in [5, 5.41) is 14.9. The van der Waals surface area contributed by atoms with Gasteiger partial charge in [0.1, 0.15) is 10.5 Å². The monoisotopic (exact) mass is 495 g/mol. The van der Waals surface area contributed by atoms with Gasteiger partial charge in [0.15, 0.2) is 0 Å². The highest BCUT2D eigenvalue weighted by Crippen LogP contribution is 2.30. The Morgan fingerprint density at radius 2 is 1.60 bits per heavy atom. The van der Waals surface area contributed by atoms with Crippen molar-refractivity contribution in [2.24, 2.45) is 5.73 Å². The summed E-state index contributed by atoms with van der Waals surface area (Å²) in [7, 11) is 0. The third-order valence-electron chi connectivity index (χ3n) is 5.43. The minimum atomic E-state index is -0.891. The number of carbonyl (C=O) groups is 2. The van der Waals surface area contributed by atoms with Crippen LogP contribution in [-0.4, -0.2) is 39.8 Å². The Labute approximate surface area is 210 Å². The molecule has 4 N–H and O–H groups in total. The van der Waals surface area contributed by atoms with Crippen molar-refractivity contribution in [2.75, 3.05) is 0 Å². The fourth-order valence-corrected chi connectivity index (χ4v) is 4.71. The van der Waals surface area contributed by atoms with Gasteiger partial charge in [-0.15, -0.1) is 11.3 Å². The topological polar surface area (TPSA) is 115 Å². The van der Waals surface area contributed by atoms with E-state index in [0.29, 0.717) is 24.1 Å². The van der Waals surface area contributed by atoms with Crippen molar-refractivity contribution < 1.29 is 19.4 Å². The van der Waals surface area contributed by atoms with Gasteiger partial charge in [0, 0.05) is 5.92 Å². The first kappa shape index (κ1) is 26.4. The number of nitrogens with zero attached hydrogens (tertiary/aromatic N) is 1. The van der Waals surface area contributed by atoms with Gasteiger partial charge in [0.05, 0.1) is 23.4 Å². The number of aliphatic hydroxyl groups is 1. The van der Waals surface area contributed by atoms with E-state index in [1.807, 2.05) is 60.7 Å². The van der Waals surface area contributed by atoms with Crippen molar-refractivity contribution in [2.45, 2.75) is 63.7 Å². The Kier molecular flexibility index (Phi) is 9.01. The number of hydrogen-bond acceptors (Lipinski definition) is 6. The van der Waals surface area contributed by atoms with Crippen LogP contribution in [0.1, 0.15) is 58.9 Å². The Hall–Kier alpha value is -3.23. The first-order chi connectivity index (χ1) is 16.6. The van der Waals surface area contributed by atoms with Gasteiger partial charge in [-0.1, -0.05) is 60.7 Å². The average Bonchev–Trinajstić information content (AvgIpc) is 3.29. The first-order valence-electron chi connectivity index (χ1n) is 11.6. The number of amides is 2. The Morgan fingerprint density at radius 3 is 2.11 bits per heavy atom. The first-order valence-corrected chi connectivity index (χ1v) is 12.4. The third kappa shape index (κ3) is 8.49. The SMILES string of the molecule is CC(C)(C)OC(=O)N[C@@H](Cc1ccccc1)[C@@H](O)CC(Cc1ccccc1)c1ncc(C(N)=O)s1. The van der Waals surface area contributed by atoms with E-state index in [0.717, 1.165) is 16.1 Å². The standard InChI is InChI=1S/C27H33N3O4S/c1-27(2,3)34-26(33)30-21(15-19-12-8-5-9-13-19)22(31)16-20(14-18-10-6-4-7-11-18)25-29-17-23(35-25)24(28)32/h4-13,17,20-22,31H,14-16H2,1-3H3,(H2,28,32)(H,30,33)/t20?,21-,22-/m0/s1. The molecule has 3 rings (SSSR count). The van der Waals surface area contributed by atoms with E-state index in [1.165, 1.54) is 17.5 Å². The van der Waals surface area contributed by atoms with Crippen LogP contribution in [0, 0.1) is 0 Å². The van der Waals surface area contributed by atoms with Gasteiger partial charge in [-0.2, -0.15) is 0 Å². The molecule has 0 spiro atoms. The molecule has 0 radical (unpaired) electrons. The predicted molar refractivity (Wildman–Crippen MR) is 137 cm³/mol. The summed E-state index contributed by atoms with van der Waals surface area (Å²) in [6, 6.07) is 19.0. The van der Waals surface area contributed by atoms with Crippen molar-refractivity contribution in [3.63, 3.8) is 0 Å². The minimum Gasteiger partial charge on any atom is -0.444 e. The Bertz CT molecular complexity index is 1100. The molecule has 0 aliphatic heterocycles. The van der Waals surface area contributed by atoms with Crippen molar-refractivity contribution >= 4 is 23.3 Å². The fraction of sp³-hybridized carbons (Fsp3) is 0.370. The summed E-state index contributed by atoms with van der Waals surface area (Å²) in [6.45, 7) is 5.39. The van der Waals surface area contributed by atoms with Gasteiger partial charge >= 0.3 is 6.09 Å². The molecule has 186 valence electrons. The van der Waals surface area contributed by atoms with Crippen LogP contribution in [0.25, 0.3) is 0 Å². The number of nitrogens with two attached hydrogens (primary N) is 1. The smallest absolute Gasteiger partial charge is 0.407 e. The molecule has 0 bridgehead atoms. The molecule has 1 heterocycles. The molecule has 3 atom stereocenters. The van der Waals surface area contributed by atoms with Gasteiger partial charge in [0.25, 0.3) is 5.91 Å². The van der Waals surface area contributed by atoms with Crippen molar-refractivity contribution in [3.05, 3.63) is 87.9 Å². The van der Waals surface area contributed by atoms with Gasteiger partial charge in [0.2, 0.25) is 0 Å². The number of alkyl carbamates (subject to hydrolysis) is 1. The van der Waals surface area contributed by atoms with Crippen LogP contribution in [-0.2, 0) is 17.6 Å². The maximum atomic E-state index is 12.6. The van der Waals surface area contributed by atoms with Crippen LogP contribution >= 0.6 is 11.3 Å². The van der Waals surface area contributed by atoms with Crippen LogP contribution in [0.5, 0.6) is 0 Å². The average molecular weight is 496 g/mol. The zero-order chi connectivity index (χ0) is 25.4. The molecule has 3 aromatic rings. The number of hydrogen-bond donors (Lipinski definition) is 3. The summed E-state index contributed by atoms with van der Waals surface area (Å²) < 4.78 is 5.45. The Morgan fingerprint density at radius 1 is 1.03 bits per heavy atom. The molecule has 0 aliphatic rings. The lowest BCUT2D eigenvalue weighted by Crippen LogP contribution is -2.47. The molecule has 2 aromatic carbocycles. The van der Waals surface area contributed by atoms with E-state index in [9.17, 15) is 14.7 Å². The number of thiazole rings is 1. The van der Waals surface area contributed by atoms with E-state index >= 15 is 0 Å². The number of rotatable bonds is 10. The molecule has 1 aromatic heterocycles. The number of ether oxygens (including phenoxy) is 1. The second-order valence-electron chi connectivity index (χ2n) is 9.56. The van der Waals surface area contributed by atoms with E-state index in [2.05, 4.69) is 10.3 Å². The number of nitrogens with one attached hydrogen (secondary N) is 1. The number of aliphatic hydroxyl groups excluding tert-OH is 1. The zero-order valence-corrected chi connectivity index (χ0v) is 21.1. The lowest BCUT2D eigenvalue weighted by Gasteiger charge is -2.29. The van der Waals surface area contributed by atoms with Crippen LogP contribution in [0.15, 0.2) is 66.9 Å². The van der Waals surface area contributed by atoms with E-state index in [1.54, 1.807) is 20.8 Å². The van der Waals surface area contributed by atoms with E-state index < -0.39 is 29.7 Å². The number of primary amides is 1. The molecule has 0 aliphatic carbocycles. The van der Waals surface area contributed by atoms with E-state index in [4.69, 9.17) is 10.5 Å². The maximum absolute atomic E-state index is 12.6. The molecule has 0 saturated carbocycles. The highest BCUT2D eigenvalue weighted by molar-refractivity contribution is 7.13. The summed E-state index contributed by atoms with van der Waals surface area (Å²) in [4.78, 5) is 29.0. The quantitative estimate of drug-likeness (QED) is 0.384. The molecule has 8 heteroatoms. The molecule has 0 fully saturated rings. The van der Waals surface area contributed by atoms with Crippen LogP contribution < -0.4 is 11.1 Å². The minimum absolute atomic E-state index is 0.177. The van der Waals surface area contributed by atoms with Gasteiger partial charge in [-0.25, -0.2) is 9.78 Å². The predicted octanol–water partition coefficient (Wildman–Crippen LogP) is 4.46. The summed E-state index contributed by atoms with van der Waals surface area (Å²) in [6.07, 6.45) is 1.39. The second kappa shape index (κ2) is 12.0. The highest BCUT2D eigenvalue weighted by Gasteiger charge is 2.29. The van der Waals surface area contributed by atoms with Crippen molar-refractivity contribution in [3.8, 4) is 0 Å². The second-order valence-corrected chi connectivity index (χ2v) is 10.6. The molecule has 0 saturated heterocycles. The van der Waals surface area contributed by atoms with Gasteiger partial charge in [-0.05, 0) is 51.2 Å². The molecular weight excluding hydrogens is 462 g/mol. The van der Waals surface area contributed by atoms with Gasteiger partial charge in [-0.3, -0.25) is 4.79 Å². The summed E-state index contributed by atoms with van der Waals surface area (Å²) in [5.41, 5.74) is 6.85. The van der Waals surface area contributed by atoms with Crippen LogP contribution in [0.2, 0.25) is 0 Å². The van der Waals surface area contributed by atoms with Crippen LogP contribution in [0.3, 0.4) is 0 Å². The molecule has 7 nitrogen and oxygen atoms in total. The van der Waals surface area contributed by atoms with Gasteiger partial charge < -0.3 is 20.9 Å². The van der Waals surface area contributed by atoms with Crippen molar-refractivity contribution in [1.29, 1.82) is 0 Å². The van der Waals surface area contributed by atoms with E-state index in [-0.39, 0.29) is 5.92 Å². The Balaban J connectivity index is 1.84. The largest absolute Gasteiger partial charge is 0.444 e. The maximum Gasteiger partial charge on any atom is 0.407 e. The lowest BCUT2D eigenvalue weighted by molar-refractivity contribution is 0.0405. The third-order valence-corrected chi connectivity index (χ3v) is 6.61. The molecule has 1 unspecified atom stereocenters. The highest BCUT2D eigenvalue weighted by atomic mass is 32.1. The zero-order valence-electron chi connectivity index (χ0n) is 20.3. The number of carbonyl (C=O) groups excluding carboxylic acids is 2. The van der Waals surface area contributed by atoms with Crippen molar-refractivity contribution in [1.82, 2.24) is 10.3 Å². The summed E-state index contributed by atoms with van der Waals surface area (Å²) in [5.74, 6) is -0.703. The molecular formula is C27H33N3O4S. The number of aromatic nitrogens is 1.